The fourth-order valence-electron chi connectivity index (χ4n) is 1.94. The molecule has 2 rings (SSSR count). The quantitative estimate of drug-likeness (QED) is 0.682. The van der Waals surface area contributed by atoms with Crippen LogP contribution in [-0.4, -0.2) is 11.4 Å². The molecule has 1 heterocycles. The molecule has 0 bridgehead atoms. The number of ether oxygens (including phenoxy) is 1. The third kappa shape index (κ3) is 1.94. The van der Waals surface area contributed by atoms with E-state index in [0.29, 0.717) is 5.75 Å². The summed E-state index contributed by atoms with van der Waals surface area (Å²) < 4.78 is 19.3. The molecule has 16 heavy (non-hydrogen) atoms. The van der Waals surface area contributed by atoms with Crippen molar-refractivity contribution in [3.05, 3.63) is 29.1 Å². The Morgan fingerprint density at radius 2 is 2.12 bits per heavy atom. The lowest BCUT2D eigenvalue weighted by Crippen LogP contribution is -2.32. The van der Waals surface area contributed by atoms with Crippen LogP contribution in [0.3, 0.4) is 0 Å². The Labute approximate surface area is 94.4 Å². The molecule has 0 atom stereocenters. The minimum Gasteiger partial charge on any atom is -0.487 e. The monoisotopic (exact) mass is 222 g/mol. The average molecular weight is 222 g/mol. The van der Waals surface area contributed by atoms with Gasteiger partial charge in [-0.15, -0.1) is 0 Å². The summed E-state index contributed by atoms with van der Waals surface area (Å²) in [6.07, 6.45) is 1.70. The Balaban J connectivity index is 2.46. The number of halogens is 1. The molecule has 1 aliphatic heterocycles. The van der Waals surface area contributed by atoms with Gasteiger partial charge in [0.25, 0.3) is 0 Å². The van der Waals surface area contributed by atoms with Crippen molar-refractivity contribution in [2.45, 2.75) is 39.2 Å². The van der Waals surface area contributed by atoms with Crippen LogP contribution in [0.15, 0.2) is 12.1 Å². The van der Waals surface area contributed by atoms with Gasteiger partial charge in [-0.1, -0.05) is 0 Å². The second-order valence-electron chi connectivity index (χ2n) is 4.86. The van der Waals surface area contributed by atoms with E-state index in [4.69, 9.17) is 4.74 Å². The minimum absolute atomic E-state index is 0.155. The van der Waals surface area contributed by atoms with Crippen LogP contribution in [0.2, 0.25) is 0 Å². The maximum Gasteiger partial charge on any atom is 0.162 e. The van der Waals surface area contributed by atoms with Crippen LogP contribution >= 0.6 is 0 Å². The van der Waals surface area contributed by atoms with E-state index in [0.717, 1.165) is 18.4 Å². The molecule has 0 aromatic heterocycles. The second-order valence-corrected chi connectivity index (χ2v) is 4.86. The van der Waals surface area contributed by atoms with E-state index in [2.05, 4.69) is 0 Å². The summed E-state index contributed by atoms with van der Waals surface area (Å²) in [6, 6.07) is 2.94. The molecular weight excluding hydrogens is 207 g/mol. The van der Waals surface area contributed by atoms with Crippen molar-refractivity contribution < 1.29 is 13.9 Å². The van der Waals surface area contributed by atoms with Gasteiger partial charge in [-0.25, -0.2) is 4.39 Å². The zero-order valence-electron chi connectivity index (χ0n) is 9.76. The molecule has 3 heteroatoms. The van der Waals surface area contributed by atoms with Crippen molar-refractivity contribution in [1.82, 2.24) is 0 Å². The Morgan fingerprint density at radius 1 is 1.44 bits per heavy atom. The van der Waals surface area contributed by atoms with Crippen LogP contribution in [0.25, 0.3) is 0 Å². The predicted molar refractivity (Wildman–Crippen MR) is 59.4 cm³/mol. The number of aryl methyl sites for hydroxylation is 1. The van der Waals surface area contributed by atoms with Crippen molar-refractivity contribution in [2.75, 3.05) is 0 Å². The summed E-state index contributed by atoms with van der Waals surface area (Å²) >= 11 is 0. The van der Waals surface area contributed by atoms with Crippen molar-refractivity contribution in [3.63, 3.8) is 0 Å². The van der Waals surface area contributed by atoms with Crippen LogP contribution in [-0.2, 0) is 6.42 Å². The standard InChI is InChI=1S/C13H15FO2/c1-8(15)10-6-9-4-5-13(2,3)16-12(9)7-11(10)14/h6-7H,4-5H2,1-3H3. The fourth-order valence-corrected chi connectivity index (χ4v) is 1.94. The molecule has 86 valence electrons. The van der Waals surface area contributed by atoms with Crippen LogP contribution in [0.4, 0.5) is 4.39 Å². The molecule has 2 nitrogen and oxygen atoms in total. The molecule has 1 aromatic rings. The minimum atomic E-state index is -0.496. The predicted octanol–water partition coefficient (Wildman–Crippen LogP) is 3.13. The zero-order valence-corrected chi connectivity index (χ0v) is 9.76. The highest BCUT2D eigenvalue weighted by Gasteiger charge is 2.27. The van der Waals surface area contributed by atoms with Crippen molar-refractivity contribution in [3.8, 4) is 5.75 Å². The number of hydrogen-bond donors (Lipinski definition) is 0. The summed E-state index contributed by atoms with van der Waals surface area (Å²) in [6.45, 7) is 5.33. The third-order valence-corrected chi connectivity index (χ3v) is 2.91. The lowest BCUT2D eigenvalue weighted by molar-refractivity contribution is 0.0840. The van der Waals surface area contributed by atoms with Gasteiger partial charge in [0, 0.05) is 6.07 Å². The van der Waals surface area contributed by atoms with E-state index >= 15 is 0 Å². The van der Waals surface area contributed by atoms with Gasteiger partial charge in [0.15, 0.2) is 5.78 Å². The molecule has 0 N–H and O–H groups in total. The Bertz CT molecular complexity index is 449. The number of fused-ring (bicyclic) bond motifs is 1. The summed E-state index contributed by atoms with van der Waals surface area (Å²) in [4.78, 5) is 11.2. The van der Waals surface area contributed by atoms with Gasteiger partial charge in [-0.05, 0) is 45.2 Å². The first-order valence-corrected chi connectivity index (χ1v) is 5.41. The largest absolute Gasteiger partial charge is 0.487 e. The van der Waals surface area contributed by atoms with Gasteiger partial charge in [-0.2, -0.15) is 0 Å². The van der Waals surface area contributed by atoms with E-state index in [1.165, 1.54) is 13.0 Å². The molecular formula is C13H15FO2. The number of rotatable bonds is 1. The number of ketones is 1. The van der Waals surface area contributed by atoms with Gasteiger partial charge in [0.1, 0.15) is 17.2 Å². The first-order valence-electron chi connectivity index (χ1n) is 5.41. The van der Waals surface area contributed by atoms with Crippen molar-refractivity contribution in [1.29, 1.82) is 0 Å². The second kappa shape index (κ2) is 3.58. The lowest BCUT2D eigenvalue weighted by atomic mass is 9.93. The Kier molecular flexibility index (Phi) is 2.49. The average Bonchev–Trinajstić information content (AvgIpc) is 2.14. The first-order chi connectivity index (χ1) is 7.39. The van der Waals surface area contributed by atoms with Gasteiger partial charge in [0.05, 0.1) is 5.56 Å². The molecule has 1 aliphatic rings. The van der Waals surface area contributed by atoms with Crippen LogP contribution in [0, 0.1) is 5.82 Å². The molecule has 0 unspecified atom stereocenters. The van der Waals surface area contributed by atoms with Gasteiger partial charge < -0.3 is 4.74 Å². The van der Waals surface area contributed by atoms with Crippen LogP contribution < -0.4 is 4.74 Å². The number of carbonyl (C=O) groups is 1. The van der Waals surface area contributed by atoms with E-state index in [-0.39, 0.29) is 16.9 Å². The number of Topliss-reactive ketones (excluding diaryl/α,β-unsaturated/α-hetero) is 1. The van der Waals surface area contributed by atoms with E-state index in [1.807, 2.05) is 13.8 Å². The molecule has 0 saturated carbocycles. The fraction of sp³-hybridized carbons (Fsp3) is 0.462. The highest BCUT2D eigenvalue weighted by molar-refractivity contribution is 5.94. The molecule has 0 amide bonds. The topological polar surface area (TPSA) is 26.3 Å². The van der Waals surface area contributed by atoms with Gasteiger partial charge in [-0.3, -0.25) is 4.79 Å². The highest BCUT2D eigenvalue weighted by atomic mass is 19.1. The van der Waals surface area contributed by atoms with Crippen molar-refractivity contribution >= 4 is 5.78 Å². The lowest BCUT2D eigenvalue weighted by Gasteiger charge is -2.32. The smallest absolute Gasteiger partial charge is 0.162 e. The number of benzene rings is 1. The first kappa shape index (κ1) is 11.1. The Morgan fingerprint density at radius 3 is 2.75 bits per heavy atom. The molecule has 1 aromatic carbocycles. The summed E-state index contributed by atoms with van der Waals surface area (Å²) in [5, 5.41) is 0. The maximum absolute atomic E-state index is 13.6. The normalized spacial score (nSPS) is 17.5. The summed E-state index contributed by atoms with van der Waals surface area (Å²) in [5.74, 6) is -0.173. The molecule has 0 radical (unpaired) electrons. The molecule has 0 fully saturated rings. The van der Waals surface area contributed by atoms with E-state index < -0.39 is 5.82 Å². The highest BCUT2D eigenvalue weighted by Crippen LogP contribution is 2.34. The van der Waals surface area contributed by atoms with E-state index in [1.54, 1.807) is 6.07 Å². The molecule has 0 spiro atoms. The third-order valence-electron chi connectivity index (χ3n) is 2.91. The number of hydrogen-bond acceptors (Lipinski definition) is 2. The zero-order chi connectivity index (χ0) is 11.9. The summed E-state index contributed by atoms with van der Waals surface area (Å²) in [7, 11) is 0. The van der Waals surface area contributed by atoms with E-state index in [9.17, 15) is 9.18 Å². The van der Waals surface area contributed by atoms with Crippen LogP contribution in [0.1, 0.15) is 43.1 Å². The summed E-state index contributed by atoms with van der Waals surface area (Å²) in [5.41, 5.74) is 0.824. The number of carbonyl (C=O) groups excluding carboxylic acids is 1. The van der Waals surface area contributed by atoms with Gasteiger partial charge >= 0.3 is 0 Å². The molecule has 0 aliphatic carbocycles. The SMILES string of the molecule is CC(=O)c1cc2c(cc1F)OC(C)(C)CC2. The Hall–Kier alpha value is -1.38. The van der Waals surface area contributed by atoms with Gasteiger partial charge in [0.2, 0.25) is 0 Å². The molecule has 0 saturated heterocycles. The van der Waals surface area contributed by atoms with Crippen molar-refractivity contribution in [2.24, 2.45) is 0 Å². The maximum atomic E-state index is 13.6. The van der Waals surface area contributed by atoms with Crippen LogP contribution in [0.5, 0.6) is 5.75 Å².